The Labute approximate surface area is 107 Å². The Kier molecular flexibility index (Phi) is 4.19. The van der Waals surface area contributed by atoms with Crippen molar-refractivity contribution in [2.45, 2.75) is 32.4 Å². The second-order valence-electron chi connectivity index (χ2n) is 4.68. The highest BCUT2D eigenvalue weighted by atomic mass is 19.1. The van der Waals surface area contributed by atoms with Crippen molar-refractivity contribution in [2.75, 3.05) is 24.7 Å². The van der Waals surface area contributed by atoms with Crippen LogP contribution in [0.1, 0.15) is 31.9 Å². The summed E-state index contributed by atoms with van der Waals surface area (Å²) in [5.41, 5.74) is 1.18. The molecule has 0 aliphatic carbocycles. The summed E-state index contributed by atoms with van der Waals surface area (Å²) >= 11 is 0. The van der Waals surface area contributed by atoms with Crippen molar-refractivity contribution < 1.29 is 14.2 Å². The molecule has 1 aromatic rings. The van der Waals surface area contributed by atoms with Crippen LogP contribution < -0.4 is 4.90 Å². The predicted octanol–water partition coefficient (Wildman–Crippen LogP) is 2.49. The highest BCUT2D eigenvalue weighted by Crippen LogP contribution is 2.31. The number of ether oxygens (including phenoxy) is 1. The Morgan fingerprint density at radius 3 is 3.00 bits per heavy atom. The molecule has 2 rings (SSSR count). The zero-order chi connectivity index (χ0) is 13.1. The van der Waals surface area contributed by atoms with E-state index in [-0.39, 0.29) is 11.9 Å². The molecular weight excluding hydrogens is 233 g/mol. The van der Waals surface area contributed by atoms with Crippen molar-refractivity contribution in [3.63, 3.8) is 0 Å². The van der Waals surface area contributed by atoms with E-state index in [0.717, 1.165) is 18.7 Å². The van der Waals surface area contributed by atoms with Gasteiger partial charge in [-0.05, 0) is 25.5 Å². The number of anilines is 1. The van der Waals surface area contributed by atoms with Crippen LogP contribution in [0.3, 0.4) is 0 Å². The largest absolute Gasteiger partial charge is 0.389 e. The maximum Gasteiger partial charge on any atom is 0.131 e. The third-order valence-corrected chi connectivity index (χ3v) is 3.46. The SMILES string of the molecule is CCC1COCCN1c1cccc(F)c1[C@@H](C)O. The molecular formula is C14H20FNO2. The topological polar surface area (TPSA) is 32.7 Å². The lowest BCUT2D eigenvalue weighted by Crippen LogP contribution is -2.45. The summed E-state index contributed by atoms with van der Waals surface area (Å²) in [6.45, 7) is 5.73. The van der Waals surface area contributed by atoms with E-state index in [9.17, 15) is 9.50 Å². The molecule has 0 spiro atoms. The Bertz CT molecular complexity index is 409. The quantitative estimate of drug-likeness (QED) is 0.898. The maximum atomic E-state index is 13.9. The standard InChI is InChI=1S/C14H20FNO2/c1-3-11-9-18-8-7-16(11)13-6-4-5-12(15)14(13)10(2)17/h4-6,10-11,17H,3,7-9H2,1-2H3/t10-,11?/m1/s1. The second kappa shape index (κ2) is 5.67. The smallest absolute Gasteiger partial charge is 0.131 e. The van der Waals surface area contributed by atoms with Crippen molar-refractivity contribution in [2.24, 2.45) is 0 Å². The summed E-state index contributed by atoms with van der Waals surface area (Å²) in [5, 5.41) is 9.78. The summed E-state index contributed by atoms with van der Waals surface area (Å²) in [5.74, 6) is -0.344. The zero-order valence-electron chi connectivity index (χ0n) is 10.9. The third kappa shape index (κ3) is 2.49. The number of halogens is 1. The molecule has 18 heavy (non-hydrogen) atoms. The summed E-state index contributed by atoms with van der Waals surface area (Å²) < 4.78 is 19.3. The van der Waals surface area contributed by atoms with Crippen molar-refractivity contribution in [3.8, 4) is 0 Å². The summed E-state index contributed by atoms with van der Waals surface area (Å²) in [6.07, 6.45) is 0.136. The van der Waals surface area contributed by atoms with Crippen LogP contribution in [-0.2, 0) is 4.74 Å². The van der Waals surface area contributed by atoms with Crippen molar-refractivity contribution in [1.29, 1.82) is 0 Å². The number of rotatable bonds is 3. The lowest BCUT2D eigenvalue weighted by Gasteiger charge is -2.38. The number of aliphatic hydroxyl groups is 1. The van der Waals surface area contributed by atoms with Crippen LogP contribution in [0, 0.1) is 5.82 Å². The molecule has 1 fully saturated rings. The molecule has 1 heterocycles. The molecule has 0 amide bonds. The van der Waals surface area contributed by atoms with Crippen LogP contribution in [0.25, 0.3) is 0 Å². The van der Waals surface area contributed by atoms with E-state index in [2.05, 4.69) is 11.8 Å². The Morgan fingerprint density at radius 2 is 2.33 bits per heavy atom. The van der Waals surface area contributed by atoms with Crippen molar-refractivity contribution in [1.82, 2.24) is 0 Å². The minimum absolute atomic E-state index is 0.248. The fraction of sp³-hybridized carbons (Fsp3) is 0.571. The van der Waals surface area contributed by atoms with Gasteiger partial charge < -0.3 is 14.7 Å². The maximum absolute atomic E-state index is 13.9. The third-order valence-electron chi connectivity index (χ3n) is 3.46. The van der Waals surface area contributed by atoms with E-state index in [1.165, 1.54) is 6.07 Å². The van der Waals surface area contributed by atoms with Gasteiger partial charge in [-0.25, -0.2) is 4.39 Å². The first-order chi connectivity index (χ1) is 8.65. The molecule has 0 aromatic heterocycles. The van der Waals surface area contributed by atoms with Gasteiger partial charge >= 0.3 is 0 Å². The normalized spacial score (nSPS) is 22.0. The minimum atomic E-state index is -0.804. The van der Waals surface area contributed by atoms with Crippen LogP contribution in [0.4, 0.5) is 10.1 Å². The van der Waals surface area contributed by atoms with Crippen LogP contribution in [0.15, 0.2) is 18.2 Å². The highest BCUT2D eigenvalue weighted by Gasteiger charge is 2.26. The van der Waals surface area contributed by atoms with Gasteiger partial charge in [-0.3, -0.25) is 0 Å². The number of morpholine rings is 1. The van der Waals surface area contributed by atoms with Gasteiger partial charge in [0.25, 0.3) is 0 Å². The zero-order valence-corrected chi connectivity index (χ0v) is 10.9. The van der Waals surface area contributed by atoms with E-state index in [1.807, 2.05) is 6.07 Å². The number of hydrogen-bond acceptors (Lipinski definition) is 3. The first kappa shape index (κ1) is 13.3. The molecule has 1 unspecified atom stereocenters. The van der Waals surface area contributed by atoms with Gasteiger partial charge in [0.15, 0.2) is 0 Å². The molecule has 1 aliphatic rings. The molecule has 2 atom stereocenters. The molecule has 100 valence electrons. The van der Waals surface area contributed by atoms with Crippen LogP contribution >= 0.6 is 0 Å². The fourth-order valence-corrected chi connectivity index (χ4v) is 2.50. The van der Waals surface area contributed by atoms with Gasteiger partial charge in [-0.1, -0.05) is 13.0 Å². The molecule has 1 aliphatic heterocycles. The molecule has 3 nitrogen and oxygen atoms in total. The second-order valence-corrected chi connectivity index (χ2v) is 4.68. The summed E-state index contributed by atoms with van der Waals surface area (Å²) in [6, 6.07) is 5.21. The van der Waals surface area contributed by atoms with Gasteiger partial charge in [0, 0.05) is 17.8 Å². The number of hydrogen-bond donors (Lipinski definition) is 1. The summed E-state index contributed by atoms with van der Waals surface area (Å²) in [7, 11) is 0. The molecule has 0 radical (unpaired) electrons. The lowest BCUT2D eigenvalue weighted by atomic mass is 10.0. The van der Waals surface area contributed by atoms with Crippen molar-refractivity contribution in [3.05, 3.63) is 29.6 Å². The van der Waals surface area contributed by atoms with Gasteiger partial charge in [0.2, 0.25) is 0 Å². The average Bonchev–Trinajstić information content (AvgIpc) is 2.38. The van der Waals surface area contributed by atoms with E-state index in [0.29, 0.717) is 18.8 Å². The number of aliphatic hydroxyl groups excluding tert-OH is 1. The van der Waals surface area contributed by atoms with E-state index in [4.69, 9.17) is 4.74 Å². The Hall–Kier alpha value is -1.13. The van der Waals surface area contributed by atoms with Crippen LogP contribution in [0.2, 0.25) is 0 Å². The predicted molar refractivity (Wildman–Crippen MR) is 69.3 cm³/mol. The van der Waals surface area contributed by atoms with Gasteiger partial charge in [0.05, 0.1) is 25.4 Å². The average molecular weight is 253 g/mol. The summed E-state index contributed by atoms with van der Waals surface area (Å²) in [4.78, 5) is 2.15. The molecule has 1 saturated heterocycles. The molecule has 1 aromatic carbocycles. The highest BCUT2D eigenvalue weighted by molar-refractivity contribution is 5.56. The van der Waals surface area contributed by atoms with E-state index in [1.54, 1.807) is 13.0 Å². The van der Waals surface area contributed by atoms with Gasteiger partial charge in [0.1, 0.15) is 5.82 Å². The lowest BCUT2D eigenvalue weighted by molar-refractivity contribution is 0.0924. The molecule has 1 N–H and O–H groups in total. The van der Waals surface area contributed by atoms with Gasteiger partial charge in [-0.15, -0.1) is 0 Å². The van der Waals surface area contributed by atoms with Crippen molar-refractivity contribution >= 4 is 5.69 Å². The van der Waals surface area contributed by atoms with E-state index >= 15 is 0 Å². The number of nitrogens with zero attached hydrogens (tertiary/aromatic N) is 1. The monoisotopic (exact) mass is 253 g/mol. The van der Waals surface area contributed by atoms with E-state index < -0.39 is 6.10 Å². The molecule has 0 saturated carbocycles. The van der Waals surface area contributed by atoms with Gasteiger partial charge in [-0.2, -0.15) is 0 Å². The fourth-order valence-electron chi connectivity index (χ4n) is 2.50. The minimum Gasteiger partial charge on any atom is -0.389 e. The Morgan fingerprint density at radius 1 is 1.56 bits per heavy atom. The van der Waals surface area contributed by atoms with Crippen LogP contribution in [-0.4, -0.2) is 30.9 Å². The Balaban J connectivity index is 2.39. The number of benzene rings is 1. The first-order valence-corrected chi connectivity index (χ1v) is 6.46. The first-order valence-electron chi connectivity index (χ1n) is 6.46. The van der Waals surface area contributed by atoms with Crippen LogP contribution in [0.5, 0.6) is 0 Å². The molecule has 0 bridgehead atoms. The molecule has 4 heteroatoms.